The van der Waals surface area contributed by atoms with Crippen molar-refractivity contribution >= 4 is 17.4 Å². The number of carbonyl (C=O) groups excluding carboxylic acids is 1. The predicted octanol–water partition coefficient (Wildman–Crippen LogP) is 4.02. The molecule has 4 heteroatoms. The van der Waals surface area contributed by atoms with Crippen molar-refractivity contribution in [2.75, 3.05) is 0 Å². The summed E-state index contributed by atoms with van der Waals surface area (Å²) in [5.41, 5.74) is 3.22. The van der Waals surface area contributed by atoms with Crippen LogP contribution in [0.1, 0.15) is 35.8 Å². The second kappa shape index (κ2) is 5.36. The van der Waals surface area contributed by atoms with Crippen molar-refractivity contribution in [1.82, 2.24) is 10.2 Å². The molecule has 0 radical (unpaired) electrons. The Labute approximate surface area is 111 Å². The van der Waals surface area contributed by atoms with E-state index in [1.165, 1.54) is 0 Å². The SMILES string of the molecule is CCCC(=O)c1cc(-c2cc(C)ccc2Cl)n[nH]1. The molecule has 1 heterocycles. The summed E-state index contributed by atoms with van der Waals surface area (Å²) in [7, 11) is 0. The zero-order valence-corrected chi connectivity index (χ0v) is 11.2. The highest BCUT2D eigenvalue weighted by molar-refractivity contribution is 6.33. The number of ketones is 1. The summed E-state index contributed by atoms with van der Waals surface area (Å²) in [6.45, 7) is 3.97. The molecule has 0 unspecified atom stereocenters. The number of hydrogen-bond acceptors (Lipinski definition) is 2. The Morgan fingerprint density at radius 3 is 2.89 bits per heavy atom. The van der Waals surface area contributed by atoms with Crippen LogP contribution in [0.15, 0.2) is 24.3 Å². The van der Waals surface area contributed by atoms with E-state index in [2.05, 4.69) is 10.2 Å². The Balaban J connectivity index is 2.35. The van der Waals surface area contributed by atoms with E-state index in [0.29, 0.717) is 22.8 Å². The molecule has 0 atom stereocenters. The third-order valence-corrected chi connectivity index (χ3v) is 3.08. The van der Waals surface area contributed by atoms with Crippen LogP contribution in [0.3, 0.4) is 0 Å². The quantitative estimate of drug-likeness (QED) is 0.846. The van der Waals surface area contributed by atoms with E-state index in [1.807, 2.05) is 32.0 Å². The number of aryl methyl sites for hydroxylation is 1. The molecule has 0 aliphatic rings. The highest BCUT2D eigenvalue weighted by atomic mass is 35.5. The van der Waals surface area contributed by atoms with Crippen molar-refractivity contribution in [3.05, 3.63) is 40.5 Å². The molecule has 1 N–H and O–H groups in total. The number of aromatic amines is 1. The van der Waals surface area contributed by atoms with Gasteiger partial charge in [-0.2, -0.15) is 5.10 Å². The van der Waals surface area contributed by atoms with Gasteiger partial charge in [-0.3, -0.25) is 9.89 Å². The van der Waals surface area contributed by atoms with E-state index < -0.39 is 0 Å². The average Bonchev–Trinajstić information content (AvgIpc) is 2.82. The molecule has 0 fully saturated rings. The van der Waals surface area contributed by atoms with Crippen LogP contribution in [-0.2, 0) is 0 Å². The number of hydrogen-bond donors (Lipinski definition) is 1. The summed E-state index contributed by atoms with van der Waals surface area (Å²) in [6, 6.07) is 7.52. The van der Waals surface area contributed by atoms with E-state index >= 15 is 0 Å². The molecular formula is C14H15ClN2O. The molecule has 3 nitrogen and oxygen atoms in total. The maximum atomic E-state index is 11.7. The fourth-order valence-electron chi connectivity index (χ4n) is 1.80. The van der Waals surface area contributed by atoms with Gasteiger partial charge in [0.05, 0.1) is 10.7 Å². The fourth-order valence-corrected chi connectivity index (χ4v) is 2.01. The van der Waals surface area contributed by atoms with E-state index in [1.54, 1.807) is 6.07 Å². The smallest absolute Gasteiger partial charge is 0.180 e. The van der Waals surface area contributed by atoms with Crippen LogP contribution in [0.5, 0.6) is 0 Å². The van der Waals surface area contributed by atoms with Gasteiger partial charge in [-0.15, -0.1) is 0 Å². The number of rotatable bonds is 4. The van der Waals surface area contributed by atoms with Crippen LogP contribution >= 0.6 is 11.6 Å². The molecule has 0 saturated carbocycles. The lowest BCUT2D eigenvalue weighted by Gasteiger charge is -2.01. The second-order valence-electron chi connectivity index (χ2n) is 4.32. The molecule has 0 saturated heterocycles. The van der Waals surface area contributed by atoms with Crippen LogP contribution < -0.4 is 0 Å². The first-order valence-electron chi connectivity index (χ1n) is 5.97. The Morgan fingerprint density at radius 2 is 2.17 bits per heavy atom. The first kappa shape index (κ1) is 12.8. The number of benzene rings is 1. The van der Waals surface area contributed by atoms with Gasteiger partial charge in [0.25, 0.3) is 0 Å². The van der Waals surface area contributed by atoms with Gasteiger partial charge < -0.3 is 0 Å². The van der Waals surface area contributed by atoms with Crippen molar-refractivity contribution in [1.29, 1.82) is 0 Å². The summed E-state index contributed by atoms with van der Waals surface area (Å²) in [4.78, 5) is 11.7. The molecule has 1 aromatic heterocycles. The normalized spacial score (nSPS) is 10.6. The lowest BCUT2D eigenvalue weighted by molar-refractivity contribution is 0.0977. The monoisotopic (exact) mass is 262 g/mol. The maximum Gasteiger partial charge on any atom is 0.180 e. The standard InChI is InChI=1S/C14H15ClN2O/c1-3-4-14(18)13-8-12(16-17-13)10-7-9(2)5-6-11(10)15/h5-8H,3-4H2,1-2H3,(H,16,17). The average molecular weight is 263 g/mol. The zero-order chi connectivity index (χ0) is 13.1. The van der Waals surface area contributed by atoms with Crippen LogP contribution in [0.2, 0.25) is 5.02 Å². The third kappa shape index (κ3) is 2.62. The van der Waals surface area contributed by atoms with E-state index in [-0.39, 0.29) is 5.78 Å². The summed E-state index contributed by atoms with van der Waals surface area (Å²) in [5, 5.41) is 7.58. The molecule has 1 aromatic carbocycles. The third-order valence-electron chi connectivity index (χ3n) is 2.75. The highest BCUT2D eigenvalue weighted by Gasteiger charge is 2.12. The van der Waals surface area contributed by atoms with Gasteiger partial charge in [0.15, 0.2) is 5.78 Å². The van der Waals surface area contributed by atoms with E-state index in [9.17, 15) is 4.79 Å². The molecule has 0 amide bonds. The predicted molar refractivity (Wildman–Crippen MR) is 73.0 cm³/mol. The summed E-state index contributed by atoms with van der Waals surface area (Å²) < 4.78 is 0. The van der Waals surface area contributed by atoms with Crippen molar-refractivity contribution < 1.29 is 4.79 Å². The minimum Gasteiger partial charge on any atom is -0.292 e. The molecule has 0 aliphatic heterocycles. The number of H-pyrrole nitrogens is 1. The lowest BCUT2D eigenvalue weighted by Crippen LogP contribution is -1.97. The van der Waals surface area contributed by atoms with Gasteiger partial charge in [-0.25, -0.2) is 0 Å². The summed E-state index contributed by atoms with van der Waals surface area (Å²) in [5.74, 6) is 0.0834. The van der Waals surface area contributed by atoms with Crippen LogP contribution in [0.4, 0.5) is 0 Å². The molecule has 0 spiro atoms. The number of nitrogens with one attached hydrogen (secondary N) is 1. The molecule has 2 aromatic rings. The van der Waals surface area contributed by atoms with Gasteiger partial charge in [0.1, 0.15) is 5.69 Å². The minimum absolute atomic E-state index is 0.0834. The topological polar surface area (TPSA) is 45.8 Å². The van der Waals surface area contributed by atoms with Gasteiger partial charge >= 0.3 is 0 Å². The Bertz CT molecular complexity index is 575. The van der Waals surface area contributed by atoms with Gasteiger partial charge in [0.2, 0.25) is 0 Å². The van der Waals surface area contributed by atoms with Crippen molar-refractivity contribution in [2.24, 2.45) is 0 Å². The van der Waals surface area contributed by atoms with Crippen molar-refractivity contribution in [3.63, 3.8) is 0 Å². The van der Waals surface area contributed by atoms with Crippen LogP contribution in [0, 0.1) is 6.92 Å². The van der Waals surface area contributed by atoms with E-state index in [4.69, 9.17) is 11.6 Å². The number of nitrogens with zero attached hydrogens (tertiary/aromatic N) is 1. The summed E-state index contributed by atoms with van der Waals surface area (Å²) in [6.07, 6.45) is 1.36. The number of Topliss-reactive ketones (excluding diaryl/α,β-unsaturated/α-hetero) is 1. The van der Waals surface area contributed by atoms with Crippen LogP contribution in [0.25, 0.3) is 11.3 Å². The van der Waals surface area contributed by atoms with Crippen molar-refractivity contribution in [2.45, 2.75) is 26.7 Å². The molecule has 94 valence electrons. The fraction of sp³-hybridized carbons (Fsp3) is 0.286. The second-order valence-corrected chi connectivity index (χ2v) is 4.73. The van der Waals surface area contributed by atoms with E-state index in [0.717, 1.165) is 17.5 Å². The van der Waals surface area contributed by atoms with Gasteiger partial charge in [-0.1, -0.05) is 30.2 Å². The minimum atomic E-state index is 0.0834. The number of carbonyl (C=O) groups is 1. The Morgan fingerprint density at radius 1 is 1.39 bits per heavy atom. The molecule has 2 rings (SSSR count). The van der Waals surface area contributed by atoms with Gasteiger partial charge in [0, 0.05) is 12.0 Å². The Kier molecular flexibility index (Phi) is 3.82. The molecule has 18 heavy (non-hydrogen) atoms. The zero-order valence-electron chi connectivity index (χ0n) is 10.5. The van der Waals surface area contributed by atoms with Crippen molar-refractivity contribution in [3.8, 4) is 11.3 Å². The number of halogens is 1. The highest BCUT2D eigenvalue weighted by Crippen LogP contribution is 2.27. The molecule has 0 bridgehead atoms. The first-order valence-corrected chi connectivity index (χ1v) is 6.34. The maximum absolute atomic E-state index is 11.7. The summed E-state index contributed by atoms with van der Waals surface area (Å²) >= 11 is 6.14. The Hall–Kier alpha value is -1.61. The molecular weight excluding hydrogens is 248 g/mol. The lowest BCUT2D eigenvalue weighted by atomic mass is 10.1. The number of aromatic nitrogens is 2. The first-order chi connectivity index (χ1) is 8.61. The van der Waals surface area contributed by atoms with Gasteiger partial charge in [-0.05, 0) is 31.5 Å². The largest absolute Gasteiger partial charge is 0.292 e. The van der Waals surface area contributed by atoms with Crippen LogP contribution in [-0.4, -0.2) is 16.0 Å². The molecule has 0 aliphatic carbocycles.